The lowest BCUT2D eigenvalue weighted by Crippen LogP contribution is -2.49. The quantitative estimate of drug-likeness (QED) is 0.666. The smallest absolute Gasteiger partial charge is 0.332 e. The summed E-state index contributed by atoms with van der Waals surface area (Å²) in [4.78, 5) is 54.9. The van der Waals surface area contributed by atoms with Gasteiger partial charge in [0.15, 0.2) is 17.8 Å². The van der Waals surface area contributed by atoms with Crippen LogP contribution in [0, 0.1) is 0 Å². The zero-order valence-corrected chi connectivity index (χ0v) is 16.5. The lowest BCUT2D eigenvalue weighted by Gasteiger charge is -2.38. The molecule has 0 saturated carbocycles. The number of carbonyl (C=O) groups excluding carboxylic acids is 2. The average molecular weight is 391 g/mol. The van der Waals surface area contributed by atoms with Crippen molar-refractivity contribution in [3.63, 3.8) is 0 Å². The number of amides is 1. The van der Waals surface area contributed by atoms with Crippen molar-refractivity contribution in [3.05, 3.63) is 27.2 Å². The number of aryl methyl sites for hydroxylation is 1. The second kappa shape index (κ2) is 7.61. The van der Waals surface area contributed by atoms with Crippen LogP contribution in [-0.4, -0.2) is 54.2 Å². The van der Waals surface area contributed by atoms with Gasteiger partial charge in [0.2, 0.25) is 0 Å². The third-order valence-electron chi connectivity index (χ3n) is 5.35. The fourth-order valence-electron chi connectivity index (χ4n) is 3.83. The Morgan fingerprint density at radius 3 is 2.43 bits per heavy atom. The van der Waals surface area contributed by atoms with E-state index in [1.807, 2.05) is 13.8 Å². The van der Waals surface area contributed by atoms with Crippen molar-refractivity contribution < 1.29 is 14.3 Å². The summed E-state index contributed by atoms with van der Waals surface area (Å²) in [6, 6.07) is 0.244. The van der Waals surface area contributed by atoms with Crippen LogP contribution >= 0.6 is 0 Å². The van der Waals surface area contributed by atoms with E-state index >= 15 is 0 Å². The summed E-state index contributed by atoms with van der Waals surface area (Å²) >= 11 is 0. The molecular weight excluding hydrogens is 366 g/mol. The van der Waals surface area contributed by atoms with Gasteiger partial charge in [-0.05, 0) is 33.1 Å². The first kappa shape index (κ1) is 19.8. The van der Waals surface area contributed by atoms with Crippen LogP contribution in [0.4, 0.5) is 0 Å². The van der Waals surface area contributed by atoms with Crippen molar-refractivity contribution in [3.8, 4) is 0 Å². The van der Waals surface area contributed by atoms with Crippen molar-refractivity contribution in [1.29, 1.82) is 0 Å². The van der Waals surface area contributed by atoms with E-state index in [1.54, 1.807) is 4.90 Å². The fraction of sp³-hybridized carbons (Fsp3) is 0.611. The Hall–Kier alpha value is -2.91. The van der Waals surface area contributed by atoms with E-state index in [-0.39, 0.29) is 42.3 Å². The maximum Gasteiger partial charge on any atom is 0.332 e. The standard InChI is InChI=1S/C18H25N5O5/c1-11-6-5-7-12(2)23(11)13(24)9-28-14(25)8-22-10-19-16-15(22)17(26)21(4)18(27)20(16)3/h10-12H,5-9H2,1-4H3/t11-,12-/m1/s1. The molecule has 1 fully saturated rings. The summed E-state index contributed by atoms with van der Waals surface area (Å²) in [6.45, 7) is 3.37. The second-order valence-electron chi connectivity index (χ2n) is 7.34. The third-order valence-corrected chi connectivity index (χ3v) is 5.35. The summed E-state index contributed by atoms with van der Waals surface area (Å²) in [5.41, 5.74) is -0.727. The second-order valence-corrected chi connectivity index (χ2v) is 7.34. The topological polar surface area (TPSA) is 108 Å². The Kier molecular flexibility index (Phi) is 5.39. The number of esters is 1. The van der Waals surface area contributed by atoms with Crippen LogP contribution in [0.1, 0.15) is 33.1 Å². The number of aromatic nitrogens is 4. The molecule has 0 N–H and O–H groups in total. The third kappa shape index (κ3) is 3.46. The first-order valence-corrected chi connectivity index (χ1v) is 9.30. The number of nitrogens with zero attached hydrogens (tertiary/aromatic N) is 5. The summed E-state index contributed by atoms with van der Waals surface area (Å²) in [7, 11) is 2.86. The first-order chi connectivity index (χ1) is 13.2. The van der Waals surface area contributed by atoms with Crippen LogP contribution in [0.15, 0.2) is 15.9 Å². The molecule has 3 rings (SSSR count). The van der Waals surface area contributed by atoms with E-state index in [9.17, 15) is 19.2 Å². The van der Waals surface area contributed by atoms with Gasteiger partial charge in [0, 0.05) is 26.2 Å². The van der Waals surface area contributed by atoms with Crippen molar-refractivity contribution in [2.24, 2.45) is 14.1 Å². The van der Waals surface area contributed by atoms with E-state index < -0.39 is 17.2 Å². The minimum Gasteiger partial charge on any atom is -0.454 e. The monoisotopic (exact) mass is 391 g/mol. The lowest BCUT2D eigenvalue weighted by molar-refractivity contribution is -0.155. The molecule has 152 valence electrons. The number of hydrogen-bond acceptors (Lipinski definition) is 6. The number of hydrogen-bond donors (Lipinski definition) is 0. The first-order valence-electron chi connectivity index (χ1n) is 9.30. The van der Waals surface area contributed by atoms with Gasteiger partial charge in [-0.2, -0.15) is 0 Å². The molecule has 10 nitrogen and oxygen atoms in total. The van der Waals surface area contributed by atoms with Gasteiger partial charge >= 0.3 is 11.7 Å². The summed E-state index contributed by atoms with van der Waals surface area (Å²) in [5, 5.41) is 0. The molecule has 1 aliphatic heterocycles. The highest BCUT2D eigenvalue weighted by Crippen LogP contribution is 2.22. The van der Waals surface area contributed by atoms with Crippen LogP contribution in [0.3, 0.4) is 0 Å². The van der Waals surface area contributed by atoms with Gasteiger partial charge in [0.05, 0.1) is 6.33 Å². The fourth-order valence-corrected chi connectivity index (χ4v) is 3.83. The molecule has 3 heterocycles. The SMILES string of the molecule is C[C@@H]1CCC[C@@H](C)N1C(=O)COC(=O)Cn1cnc2c1c(=O)n(C)c(=O)n2C. The number of carbonyl (C=O) groups is 2. The van der Waals surface area contributed by atoms with Crippen molar-refractivity contribution in [1.82, 2.24) is 23.6 Å². The number of ether oxygens (including phenoxy) is 1. The Labute approximate surface area is 161 Å². The van der Waals surface area contributed by atoms with Gasteiger partial charge in [-0.15, -0.1) is 0 Å². The van der Waals surface area contributed by atoms with Gasteiger partial charge in [-0.3, -0.25) is 23.5 Å². The molecule has 1 saturated heterocycles. The zero-order chi connectivity index (χ0) is 20.6. The van der Waals surface area contributed by atoms with E-state index in [2.05, 4.69) is 4.98 Å². The molecule has 2 aromatic rings. The number of fused-ring (bicyclic) bond motifs is 1. The molecule has 0 unspecified atom stereocenters. The van der Waals surface area contributed by atoms with Crippen molar-refractivity contribution in [2.45, 2.75) is 51.7 Å². The van der Waals surface area contributed by atoms with Crippen molar-refractivity contribution in [2.75, 3.05) is 6.61 Å². The van der Waals surface area contributed by atoms with Crippen LogP contribution < -0.4 is 11.2 Å². The van der Waals surface area contributed by atoms with Gasteiger partial charge in [0.25, 0.3) is 11.5 Å². The molecule has 10 heteroatoms. The van der Waals surface area contributed by atoms with E-state index in [0.29, 0.717) is 0 Å². The van der Waals surface area contributed by atoms with E-state index in [0.717, 1.165) is 23.8 Å². The Balaban J connectivity index is 1.71. The van der Waals surface area contributed by atoms with Crippen LogP contribution in [-0.2, 0) is 35.0 Å². The highest BCUT2D eigenvalue weighted by atomic mass is 16.5. The summed E-state index contributed by atoms with van der Waals surface area (Å²) < 4.78 is 8.66. The van der Waals surface area contributed by atoms with Gasteiger partial charge in [-0.1, -0.05) is 0 Å². The number of rotatable bonds is 4. The Bertz CT molecular complexity index is 1020. The molecule has 0 bridgehead atoms. The van der Waals surface area contributed by atoms with Gasteiger partial charge in [-0.25, -0.2) is 9.78 Å². The van der Waals surface area contributed by atoms with Gasteiger partial charge in [0.1, 0.15) is 6.54 Å². The predicted molar refractivity (Wildman–Crippen MR) is 101 cm³/mol. The highest BCUT2D eigenvalue weighted by molar-refractivity contribution is 5.81. The number of imidazole rings is 1. The lowest BCUT2D eigenvalue weighted by atomic mass is 9.97. The Morgan fingerprint density at radius 2 is 1.79 bits per heavy atom. The van der Waals surface area contributed by atoms with Gasteiger partial charge < -0.3 is 14.2 Å². The number of piperidine rings is 1. The molecule has 1 amide bonds. The zero-order valence-electron chi connectivity index (χ0n) is 16.5. The molecule has 2 aromatic heterocycles. The van der Waals surface area contributed by atoms with E-state index in [4.69, 9.17) is 4.74 Å². The average Bonchev–Trinajstić information content (AvgIpc) is 3.06. The largest absolute Gasteiger partial charge is 0.454 e. The molecular formula is C18H25N5O5. The molecule has 0 radical (unpaired) electrons. The molecule has 0 aromatic carbocycles. The maximum atomic E-state index is 12.5. The van der Waals surface area contributed by atoms with Crippen LogP contribution in [0.2, 0.25) is 0 Å². The summed E-state index contributed by atoms with van der Waals surface area (Å²) in [6.07, 6.45) is 4.26. The predicted octanol–water partition coefficient (Wildman–Crippen LogP) is -0.234. The van der Waals surface area contributed by atoms with E-state index in [1.165, 1.54) is 29.6 Å². The maximum absolute atomic E-state index is 12.5. The minimum absolute atomic E-state index is 0.122. The van der Waals surface area contributed by atoms with Crippen LogP contribution in [0.5, 0.6) is 0 Å². The van der Waals surface area contributed by atoms with Crippen LogP contribution in [0.25, 0.3) is 11.2 Å². The molecule has 28 heavy (non-hydrogen) atoms. The normalized spacial score (nSPS) is 19.8. The summed E-state index contributed by atoms with van der Waals surface area (Å²) in [5.74, 6) is -0.872. The molecule has 1 aliphatic rings. The Morgan fingerprint density at radius 1 is 1.14 bits per heavy atom. The van der Waals surface area contributed by atoms with Crippen molar-refractivity contribution >= 4 is 23.0 Å². The molecule has 2 atom stereocenters. The molecule has 0 aliphatic carbocycles. The highest BCUT2D eigenvalue weighted by Gasteiger charge is 2.29. The minimum atomic E-state index is -0.652. The number of likely N-dealkylation sites (tertiary alicyclic amines) is 1. The molecule has 0 spiro atoms.